The average molecular weight is 431 g/mol. The first-order chi connectivity index (χ1) is 15.1. The number of H-pyrrole nitrogens is 1. The molecule has 0 aliphatic heterocycles. The van der Waals surface area contributed by atoms with E-state index in [9.17, 15) is 14.7 Å². The molecule has 2 aromatic carbocycles. The molecular formula is C25H26N4O3. The number of hydrogen-bond acceptors (Lipinski definition) is 4. The first-order valence-corrected chi connectivity index (χ1v) is 10.4. The summed E-state index contributed by atoms with van der Waals surface area (Å²) in [4.78, 5) is 28.5. The van der Waals surface area contributed by atoms with Gasteiger partial charge in [0.25, 0.3) is 11.5 Å². The zero-order valence-electron chi connectivity index (χ0n) is 18.5. The van der Waals surface area contributed by atoms with Gasteiger partial charge in [0.05, 0.1) is 23.5 Å². The summed E-state index contributed by atoms with van der Waals surface area (Å²) in [6, 6.07) is 16.0. The third kappa shape index (κ3) is 4.20. The highest BCUT2D eigenvalue weighted by atomic mass is 16.3. The van der Waals surface area contributed by atoms with Crippen LogP contribution in [0.3, 0.4) is 0 Å². The normalized spacial score (nSPS) is 12.7. The minimum atomic E-state index is -1.20. The Kier molecular flexibility index (Phi) is 5.44. The van der Waals surface area contributed by atoms with E-state index in [0.717, 1.165) is 22.3 Å². The maximum atomic E-state index is 13.0. The molecular weight excluding hydrogens is 404 g/mol. The van der Waals surface area contributed by atoms with Crippen molar-refractivity contribution in [2.45, 2.75) is 39.3 Å². The topological polar surface area (TPSA) is 99.5 Å². The highest BCUT2D eigenvalue weighted by Gasteiger charge is 2.30. The molecule has 4 rings (SSSR count). The Morgan fingerprint density at radius 3 is 2.47 bits per heavy atom. The molecule has 0 fully saturated rings. The second kappa shape index (κ2) is 8.09. The van der Waals surface area contributed by atoms with Crippen molar-refractivity contribution < 1.29 is 9.90 Å². The molecule has 2 heterocycles. The Balaban J connectivity index is 1.69. The molecule has 2 aromatic heterocycles. The van der Waals surface area contributed by atoms with Crippen molar-refractivity contribution in [1.82, 2.24) is 19.9 Å². The van der Waals surface area contributed by atoms with E-state index in [1.54, 1.807) is 20.0 Å². The molecule has 4 aromatic rings. The van der Waals surface area contributed by atoms with Gasteiger partial charge in [-0.3, -0.25) is 9.59 Å². The van der Waals surface area contributed by atoms with Crippen molar-refractivity contribution in [3.63, 3.8) is 0 Å². The van der Waals surface area contributed by atoms with Crippen LogP contribution in [0, 0.1) is 13.8 Å². The molecule has 3 N–H and O–H groups in total. The summed E-state index contributed by atoms with van der Waals surface area (Å²) in [6.45, 7) is 7.31. The lowest BCUT2D eigenvalue weighted by Crippen LogP contribution is -2.42. The minimum absolute atomic E-state index is 0.0953. The molecule has 0 saturated carbocycles. The van der Waals surface area contributed by atoms with Gasteiger partial charge in [-0.2, -0.15) is 5.10 Å². The van der Waals surface area contributed by atoms with E-state index < -0.39 is 17.6 Å². The molecule has 0 spiro atoms. The Morgan fingerprint density at radius 1 is 1.09 bits per heavy atom. The van der Waals surface area contributed by atoms with E-state index in [2.05, 4.69) is 15.4 Å². The zero-order valence-corrected chi connectivity index (χ0v) is 18.5. The number of rotatable bonds is 5. The SMILES string of the molecule is Cc1ccc(-c2cn3nc(C(=O)NC(c4ccccc4)C(C)(C)O)cc3c(=O)[nH]2)cc1C. The van der Waals surface area contributed by atoms with E-state index in [1.807, 2.05) is 62.4 Å². The Bertz CT molecular complexity index is 1350. The van der Waals surface area contributed by atoms with E-state index >= 15 is 0 Å². The molecule has 1 amide bonds. The van der Waals surface area contributed by atoms with E-state index in [4.69, 9.17) is 0 Å². The number of carbonyl (C=O) groups excluding carboxylic acids is 1. The molecule has 1 unspecified atom stereocenters. The second-order valence-corrected chi connectivity index (χ2v) is 8.63. The van der Waals surface area contributed by atoms with Crippen LogP contribution in [0.2, 0.25) is 0 Å². The Hall–Kier alpha value is -3.71. The van der Waals surface area contributed by atoms with Gasteiger partial charge in [-0.05, 0) is 56.0 Å². The largest absolute Gasteiger partial charge is 0.388 e. The number of amides is 1. The summed E-state index contributed by atoms with van der Waals surface area (Å²) in [6.07, 6.45) is 1.70. The van der Waals surface area contributed by atoms with Gasteiger partial charge in [-0.1, -0.05) is 42.5 Å². The standard InChI is InChI=1S/C25H26N4O3/c1-15-10-11-18(12-16(15)2)20-14-29-21(24(31)26-20)13-19(28-29)23(30)27-22(25(3,4)32)17-8-6-5-7-9-17/h5-14,22,32H,1-4H3,(H,26,31)(H,27,30). The van der Waals surface area contributed by atoms with Crippen LogP contribution in [0.25, 0.3) is 16.8 Å². The van der Waals surface area contributed by atoms with E-state index in [1.165, 1.54) is 10.6 Å². The number of fused-ring (bicyclic) bond motifs is 1. The first-order valence-electron chi connectivity index (χ1n) is 10.4. The van der Waals surface area contributed by atoms with E-state index in [-0.39, 0.29) is 16.8 Å². The number of aromatic nitrogens is 3. The predicted molar refractivity (Wildman–Crippen MR) is 124 cm³/mol. The zero-order chi connectivity index (χ0) is 23.0. The van der Waals surface area contributed by atoms with Crippen molar-refractivity contribution in [3.8, 4) is 11.3 Å². The molecule has 0 aliphatic carbocycles. The van der Waals surface area contributed by atoms with Crippen LogP contribution in [0.4, 0.5) is 0 Å². The Morgan fingerprint density at radius 2 is 1.81 bits per heavy atom. The molecule has 7 heteroatoms. The van der Waals surface area contributed by atoms with Gasteiger partial charge < -0.3 is 15.4 Å². The van der Waals surface area contributed by atoms with Crippen LogP contribution < -0.4 is 10.9 Å². The molecule has 7 nitrogen and oxygen atoms in total. The van der Waals surface area contributed by atoms with Gasteiger partial charge in [0, 0.05) is 6.07 Å². The van der Waals surface area contributed by atoms with Crippen molar-refractivity contribution >= 4 is 11.4 Å². The first kappa shape index (κ1) is 21.5. The van der Waals surface area contributed by atoms with Gasteiger partial charge in [0.2, 0.25) is 0 Å². The highest BCUT2D eigenvalue weighted by molar-refractivity contribution is 5.94. The van der Waals surface area contributed by atoms with Crippen molar-refractivity contribution in [2.24, 2.45) is 0 Å². The van der Waals surface area contributed by atoms with Gasteiger partial charge >= 0.3 is 0 Å². The third-order valence-electron chi connectivity index (χ3n) is 5.63. The number of aromatic amines is 1. The molecule has 164 valence electrons. The fourth-order valence-corrected chi connectivity index (χ4v) is 3.69. The van der Waals surface area contributed by atoms with Crippen LogP contribution in [-0.4, -0.2) is 31.2 Å². The molecule has 0 saturated heterocycles. The molecule has 32 heavy (non-hydrogen) atoms. The number of aliphatic hydroxyl groups is 1. The van der Waals surface area contributed by atoms with E-state index in [0.29, 0.717) is 5.69 Å². The number of nitrogens with one attached hydrogen (secondary N) is 2. The van der Waals surface area contributed by atoms with Crippen LogP contribution in [0.15, 0.2) is 65.6 Å². The highest BCUT2D eigenvalue weighted by Crippen LogP contribution is 2.26. The maximum Gasteiger partial charge on any atom is 0.274 e. The summed E-state index contributed by atoms with van der Waals surface area (Å²) in [7, 11) is 0. The number of carbonyl (C=O) groups is 1. The fraction of sp³-hybridized carbons (Fsp3) is 0.240. The Labute approximate surface area is 185 Å². The number of benzene rings is 2. The van der Waals surface area contributed by atoms with Crippen LogP contribution in [0.5, 0.6) is 0 Å². The number of hydrogen-bond donors (Lipinski definition) is 3. The smallest absolute Gasteiger partial charge is 0.274 e. The maximum absolute atomic E-state index is 13.0. The lowest BCUT2D eigenvalue weighted by Gasteiger charge is -2.30. The molecule has 0 aliphatic rings. The van der Waals surface area contributed by atoms with Gasteiger partial charge in [0.15, 0.2) is 5.69 Å². The molecule has 0 bridgehead atoms. The molecule has 0 radical (unpaired) electrons. The van der Waals surface area contributed by atoms with Crippen LogP contribution >= 0.6 is 0 Å². The lowest BCUT2D eigenvalue weighted by atomic mass is 9.92. The fourth-order valence-electron chi connectivity index (χ4n) is 3.69. The second-order valence-electron chi connectivity index (χ2n) is 8.63. The summed E-state index contributed by atoms with van der Waals surface area (Å²) in [5.41, 5.74) is 3.34. The quantitative estimate of drug-likeness (QED) is 0.451. The van der Waals surface area contributed by atoms with Crippen molar-refractivity contribution in [1.29, 1.82) is 0 Å². The summed E-state index contributed by atoms with van der Waals surface area (Å²) < 4.78 is 1.42. The third-order valence-corrected chi connectivity index (χ3v) is 5.63. The van der Waals surface area contributed by atoms with Crippen molar-refractivity contribution in [2.75, 3.05) is 0 Å². The van der Waals surface area contributed by atoms with Crippen LogP contribution in [0.1, 0.15) is 47.1 Å². The number of aryl methyl sites for hydroxylation is 2. The monoisotopic (exact) mass is 430 g/mol. The average Bonchev–Trinajstić information content (AvgIpc) is 3.18. The predicted octanol–water partition coefficient (Wildman–Crippen LogP) is 3.55. The van der Waals surface area contributed by atoms with Gasteiger partial charge in [-0.25, -0.2) is 4.52 Å². The van der Waals surface area contributed by atoms with Crippen LogP contribution in [-0.2, 0) is 0 Å². The van der Waals surface area contributed by atoms with Crippen molar-refractivity contribution in [3.05, 3.63) is 93.5 Å². The molecule has 1 atom stereocenters. The summed E-state index contributed by atoms with van der Waals surface area (Å²) >= 11 is 0. The summed E-state index contributed by atoms with van der Waals surface area (Å²) in [5.74, 6) is -0.475. The van der Waals surface area contributed by atoms with Gasteiger partial charge in [0.1, 0.15) is 5.52 Å². The summed E-state index contributed by atoms with van der Waals surface area (Å²) in [5, 5.41) is 17.8. The number of nitrogens with zero attached hydrogens (tertiary/aromatic N) is 2. The van der Waals surface area contributed by atoms with Gasteiger partial charge in [-0.15, -0.1) is 0 Å². The minimum Gasteiger partial charge on any atom is -0.388 e. The lowest BCUT2D eigenvalue weighted by molar-refractivity contribution is 0.0342.